The summed E-state index contributed by atoms with van der Waals surface area (Å²) < 4.78 is 5.34. The van der Waals surface area contributed by atoms with Crippen molar-refractivity contribution >= 4 is 11.8 Å². The van der Waals surface area contributed by atoms with E-state index in [9.17, 15) is 0 Å². The van der Waals surface area contributed by atoms with Crippen LogP contribution in [-0.2, 0) is 5.75 Å². The number of nitrogens with zero attached hydrogens (tertiary/aromatic N) is 2. The van der Waals surface area contributed by atoms with Crippen LogP contribution < -0.4 is 5.32 Å². The number of rotatable bonds is 8. The Morgan fingerprint density at radius 3 is 2.61 bits per heavy atom. The minimum absolute atomic E-state index is 0.251. The van der Waals surface area contributed by atoms with Gasteiger partial charge in [0.1, 0.15) is 0 Å². The van der Waals surface area contributed by atoms with Crippen LogP contribution in [0.2, 0.25) is 0 Å². The Morgan fingerprint density at radius 1 is 1.28 bits per heavy atom. The summed E-state index contributed by atoms with van der Waals surface area (Å²) in [6.45, 7) is 11.8. The van der Waals surface area contributed by atoms with Gasteiger partial charge in [-0.25, -0.2) is 0 Å². The van der Waals surface area contributed by atoms with Crippen LogP contribution in [0.5, 0.6) is 0 Å². The molecule has 1 heterocycles. The van der Waals surface area contributed by atoms with Gasteiger partial charge < -0.3 is 9.84 Å². The van der Waals surface area contributed by atoms with E-state index < -0.39 is 0 Å². The van der Waals surface area contributed by atoms with E-state index in [1.54, 1.807) is 0 Å². The Morgan fingerprint density at radius 2 is 2.00 bits per heavy atom. The van der Waals surface area contributed by atoms with Crippen LogP contribution in [0.4, 0.5) is 0 Å². The molecule has 0 bridgehead atoms. The normalized spacial score (nSPS) is 15.0. The van der Waals surface area contributed by atoms with Gasteiger partial charge in [-0.2, -0.15) is 16.7 Å². The Bertz CT molecular complexity index is 341. The Kier molecular flexibility index (Phi) is 6.71. The van der Waals surface area contributed by atoms with Gasteiger partial charge in [-0.1, -0.05) is 32.9 Å². The van der Waals surface area contributed by atoms with E-state index >= 15 is 0 Å². The van der Waals surface area contributed by atoms with Crippen molar-refractivity contribution in [1.82, 2.24) is 15.5 Å². The molecule has 4 nitrogen and oxygen atoms in total. The number of nitrogens with one attached hydrogen (secondary N) is 1. The third-order valence-electron chi connectivity index (χ3n) is 2.83. The predicted octanol–water partition coefficient (Wildman–Crippen LogP) is 3.06. The summed E-state index contributed by atoms with van der Waals surface area (Å²) in [4.78, 5) is 4.47. The molecule has 0 amide bonds. The van der Waals surface area contributed by atoms with Gasteiger partial charge in [0.2, 0.25) is 5.89 Å². The topological polar surface area (TPSA) is 51.0 Å². The largest absolute Gasteiger partial charge is 0.339 e. The fourth-order valence-electron chi connectivity index (χ4n) is 1.61. The Balaban J connectivity index is 2.46. The molecule has 2 unspecified atom stereocenters. The molecule has 0 aliphatic heterocycles. The molecule has 1 aromatic heterocycles. The molecule has 5 heteroatoms. The number of hydrogen-bond acceptors (Lipinski definition) is 5. The Labute approximate surface area is 114 Å². The van der Waals surface area contributed by atoms with Crippen LogP contribution in [0.25, 0.3) is 0 Å². The predicted molar refractivity (Wildman–Crippen MR) is 76.9 cm³/mol. The van der Waals surface area contributed by atoms with Gasteiger partial charge in [0.25, 0.3) is 0 Å². The number of aromatic nitrogens is 2. The molecular weight excluding hydrogens is 246 g/mol. The molecule has 104 valence electrons. The van der Waals surface area contributed by atoms with Crippen molar-refractivity contribution in [2.75, 3.05) is 12.3 Å². The van der Waals surface area contributed by atoms with E-state index in [1.165, 1.54) is 0 Å². The van der Waals surface area contributed by atoms with Crippen molar-refractivity contribution in [2.24, 2.45) is 5.92 Å². The molecule has 0 spiro atoms. The van der Waals surface area contributed by atoms with Crippen molar-refractivity contribution in [3.63, 3.8) is 0 Å². The molecule has 0 radical (unpaired) electrons. The third-order valence-corrected chi connectivity index (χ3v) is 4.20. The summed E-state index contributed by atoms with van der Waals surface area (Å²) in [6.07, 6.45) is 0. The standard InChI is InChI=1S/C13H25N3OS/c1-6-14-11(5)10(4)13-15-12(16-17-13)8-18-7-9(2)3/h9-11,14H,6-8H2,1-5H3. The molecule has 0 saturated carbocycles. The average Bonchev–Trinajstić information content (AvgIpc) is 2.76. The minimum Gasteiger partial charge on any atom is -0.339 e. The third kappa shape index (κ3) is 4.98. The van der Waals surface area contributed by atoms with Gasteiger partial charge in [-0.3, -0.25) is 0 Å². The maximum atomic E-state index is 5.34. The summed E-state index contributed by atoms with van der Waals surface area (Å²) in [5.41, 5.74) is 0. The monoisotopic (exact) mass is 271 g/mol. The SMILES string of the molecule is CCNC(C)C(C)c1nc(CSCC(C)C)no1. The van der Waals surface area contributed by atoms with Crippen molar-refractivity contribution in [3.8, 4) is 0 Å². The molecule has 1 rings (SSSR count). The molecular formula is C13H25N3OS. The van der Waals surface area contributed by atoms with Gasteiger partial charge in [0.15, 0.2) is 5.82 Å². The second-order valence-electron chi connectivity index (χ2n) is 5.09. The quantitative estimate of drug-likeness (QED) is 0.787. The molecule has 0 saturated heterocycles. The van der Waals surface area contributed by atoms with Crippen molar-refractivity contribution in [1.29, 1.82) is 0 Å². The zero-order valence-electron chi connectivity index (χ0n) is 12.1. The lowest BCUT2D eigenvalue weighted by molar-refractivity contribution is 0.330. The van der Waals surface area contributed by atoms with Crippen LogP contribution in [0.15, 0.2) is 4.52 Å². The molecule has 1 aromatic rings. The molecule has 0 aliphatic rings. The van der Waals surface area contributed by atoms with Crippen LogP contribution in [0.1, 0.15) is 52.3 Å². The fraction of sp³-hybridized carbons (Fsp3) is 0.846. The van der Waals surface area contributed by atoms with Crippen LogP contribution in [0.3, 0.4) is 0 Å². The van der Waals surface area contributed by atoms with Gasteiger partial charge in [-0.15, -0.1) is 0 Å². The maximum absolute atomic E-state index is 5.34. The zero-order chi connectivity index (χ0) is 13.5. The van der Waals surface area contributed by atoms with E-state index in [2.05, 4.69) is 50.1 Å². The first-order valence-corrected chi connectivity index (χ1v) is 7.83. The molecule has 1 N–H and O–H groups in total. The summed E-state index contributed by atoms with van der Waals surface area (Å²) in [6, 6.07) is 0.353. The van der Waals surface area contributed by atoms with E-state index in [-0.39, 0.29) is 5.92 Å². The highest BCUT2D eigenvalue weighted by Crippen LogP contribution is 2.19. The fourth-order valence-corrected chi connectivity index (χ4v) is 2.50. The first-order chi connectivity index (χ1) is 8.54. The molecule has 0 fully saturated rings. The van der Waals surface area contributed by atoms with Gasteiger partial charge >= 0.3 is 0 Å². The van der Waals surface area contributed by atoms with Crippen molar-refractivity contribution in [3.05, 3.63) is 11.7 Å². The average molecular weight is 271 g/mol. The lowest BCUT2D eigenvalue weighted by Gasteiger charge is -2.16. The van der Waals surface area contributed by atoms with Crippen LogP contribution in [0, 0.1) is 5.92 Å². The molecule has 0 aromatic carbocycles. The smallest absolute Gasteiger partial charge is 0.231 e. The lowest BCUT2D eigenvalue weighted by atomic mass is 10.0. The summed E-state index contributed by atoms with van der Waals surface area (Å²) in [5, 5.41) is 7.42. The summed E-state index contributed by atoms with van der Waals surface area (Å²) in [7, 11) is 0. The first kappa shape index (κ1) is 15.5. The maximum Gasteiger partial charge on any atom is 0.231 e. The summed E-state index contributed by atoms with van der Waals surface area (Å²) in [5.74, 6) is 4.47. The highest BCUT2D eigenvalue weighted by molar-refractivity contribution is 7.98. The van der Waals surface area contributed by atoms with Crippen LogP contribution in [-0.4, -0.2) is 28.5 Å². The molecule has 18 heavy (non-hydrogen) atoms. The van der Waals surface area contributed by atoms with Crippen LogP contribution >= 0.6 is 11.8 Å². The zero-order valence-corrected chi connectivity index (χ0v) is 12.9. The molecule has 2 atom stereocenters. The second kappa shape index (κ2) is 7.79. The van der Waals surface area contributed by atoms with E-state index in [4.69, 9.17) is 4.52 Å². The van der Waals surface area contributed by atoms with E-state index in [0.717, 1.165) is 29.8 Å². The van der Waals surface area contributed by atoms with Gasteiger partial charge in [-0.05, 0) is 25.1 Å². The van der Waals surface area contributed by atoms with Crippen molar-refractivity contribution in [2.45, 2.75) is 52.3 Å². The first-order valence-electron chi connectivity index (χ1n) is 6.68. The van der Waals surface area contributed by atoms with E-state index in [1.807, 2.05) is 11.8 Å². The molecule has 0 aliphatic carbocycles. The highest BCUT2D eigenvalue weighted by Gasteiger charge is 2.19. The number of hydrogen-bond donors (Lipinski definition) is 1. The van der Waals surface area contributed by atoms with Gasteiger partial charge in [0.05, 0.1) is 11.7 Å². The van der Waals surface area contributed by atoms with E-state index in [0.29, 0.717) is 12.0 Å². The Hall–Kier alpha value is -0.550. The number of thioether (sulfide) groups is 1. The minimum atomic E-state index is 0.251. The van der Waals surface area contributed by atoms with Crippen molar-refractivity contribution < 1.29 is 4.52 Å². The highest BCUT2D eigenvalue weighted by atomic mass is 32.2. The second-order valence-corrected chi connectivity index (χ2v) is 6.12. The number of likely N-dealkylation sites (N-methyl/N-ethyl adjacent to an activating group) is 1. The lowest BCUT2D eigenvalue weighted by Crippen LogP contribution is -2.30. The van der Waals surface area contributed by atoms with Gasteiger partial charge in [0, 0.05) is 6.04 Å². The summed E-state index contributed by atoms with van der Waals surface area (Å²) >= 11 is 1.86.